The molecule has 1 aliphatic rings. The molecule has 0 aliphatic carbocycles. The van der Waals surface area contributed by atoms with Crippen LogP contribution in [0.2, 0.25) is 0 Å². The first kappa shape index (κ1) is 13.4. The van der Waals surface area contributed by atoms with Crippen molar-refractivity contribution in [2.45, 2.75) is 13.5 Å². The highest BCUT2D eigenvalue weighted by atomic mass is 19.1. The summed E-state index contributed by atoms with van der Waals surface area (Å²) in [4.78, 5) is 24.8. The number of Topliss-reactive ketones (excluding diaryl/α,β-unsaturated/α-hetero) is 1. The normalized spacial score (nSPS) is 14.0. The lowest BCUT2D eigenvalue weighted by molar-refractivity contribution is -0.114. The fourth-order valence-corrected chi connectivity index (χ4v) is 2.48. The predicted octanol–water partition coefficient (Wildman–Crippen LogP) is 1.74. The maximum absolute atomic E-state index is 13.9. The Morgan fingerprint density at radius 2 is 1.86 bits per heavy atom. The zero-order valence-electron chi connectivity index (χ0n) is 11.4. The molecule has 0 saturated heterocycles. The maximum atomic E-state index is 13.9. The van der Waals surface area contributed by atoms with Crippen molar-refractivity contribution in [2.24, 2.45) is 7.05 Å². The number of halogens is 2. The molecule has 0 spiro atoms. The third-order valence-electron chi connectivity index (χ3n) is 3.43. The van der Waals surface area contributed by atoms with Crippen LogP contribution >= 0.6 is 0 Å². The van der Waals surface area contributed by atoms with Gasteiger partial charge in [0.05, 0.1) is 29.2 Å². The van der Waals surface area contributed by atoms with Crippen LogP contribution in [0.25, 0.3) is 0 Å². The summed E-state index contributed by atoms with van der Waals surface area (Å²) in [7, 11) is 1.67. The smallest absolute Gasteiger partial charge is 0.296 e. The number of rotatable bonds is 2. The topological polar surface area (TPSA) is 55.2 Å². The van der Waals surface area contributed by atoms with Crippen molar-refractivity contribution in [2.75, 3.05) is 4.90 Å². The van der Waals surface area contributed by atoms with E-state index in [1.807, 2.05) is 0 Å². The van der Waals surface area contributed by atoms with Crippen molar-refractivity contribution >= 4 is 17.4 Å². The van der Waals surface area contributed by atoms with Crippen molar-refractivity contribution in [3.8, 4) is 0 Å². The molecule has 1 aliphatic heterocycles. The van der Waals surface area contributed by atoms with Crippen LogP contribution in [0.3, 0.4) is 0 Å². The van der Waals surface area contributed by atoms with Crippen molar-refractivity contribution in [3.05, 3.63) is 46.8 Å². The van der Waals surface area contributed by atoms with Gasteiger partial charge in [0, 0.05) is 7.05 Å². The van der Waals surface area contributed by atoms with Crippen molar-refractivity contribution in [1.82, 2.24) is 9.78 Å². The number of hydrogen-bond acceptors (Lipinski definition) is 3. The molecule has 0 fully saturated rings. The van der Waals surface area contributed by atoms with Gasteiger partial charge in [-0.15, -0.1) is 0 Å². The Bertz CT molecular complexity index is 783. The second-order valence-corrected chi connectivity index (χ2v) is 4.87. The molecule has 0 saturated carbocycles. The number of carbonyl (C=O) groups is 2. The highest BCUT2D eigenvalue weighted by Crippen LogP contribution is 2.34. The third-order valence-corrected chi connectivity index (χ3v) is 3.43. The minimum Gasteiger partial charge on any atom is -0.296 e. The Balaban J connectivity index is 2.10. The van der Waals surface area contributed by atoms with E-state index in [9.17, 15) is 18.4 Å². The lowest BCUT2D eigenvalue weighted by Gasteiger charge is -2.17. The van der Waals surface area contributed by atoms with Gasteiger partial charge in [0.2, 0.25) is 0 Å². The van der Waals surface area contributed by atoms with Gasteiger partial charge in [0.25, 0.3) is 11.7 Å². The summed E-state index contributed by atoms with van der Waals surface area (Å²) < 4.78 is 29.2. The predicted molar refractivity (Wildman–Crippen MR) is 69.8 cm³/mol. The average Bonchev–Trinajstić information content (AvgIpc) is 2.87. The van der Waals surface area contributed by atoms with Gasteiger partial charge in [-0.25, -0.2) is 8.78 Å². The van der Waals surface area contributed by atoms with Gasteiger partial charge in [-0.05, 0) is 25.1 Å². The standard InChI is InChI=1S/C14H11F2N3O2/c1-7-5-8(18(2)17-7)6-19-12-10(16)4-3-9(15)11(12)13(20)14(19)21/h3-5H,6H2,1-2H3. The van der Waals surface area contributed by atoms with E-state index in [1.54, 1.807) is 20.0 Å². The molecule has 3 rings (SSSR count). The number of nitrogens with zero attached hydrogens (tertiary/aromatic N) is 3. The number of hydrogen-bond donors (Lipinski definition) is 0. The number of fused-ring (bicyclic) bond motifs is 1. The quantitative estimate of drug-likeness (QED) is 0.792. The Kier molecular flexibility index (Phi) is 2.86. The molecule has 5 nitrogen and oxygen atoms in total. The summed E-state index contributed by atoms with van der Waals surface area (Å²) >= 11 is 0. The average molecular weight is 291 g/mol. The molecule has 0 atom stereocenters. The summed E-state index contributed by atoms with van der Waals surface area (Å²) in [6.07, 6.45) is 0. The first-order valence-corrected chi connectivity index (χ1v) is 6.24. The molecule has 0 unspecified atom stereocenters. The molecule has 2 aromatic rings. The number of ketones is 1. The van der Waals surface area contributed by atoms with E-state index in [1.165, 1.54) is 4.68 Å². The number of aryl methyl sites for hydroxylation is 2. The summed E-state index contributed by atoms with van der Waals surface area (Å²) in [6, 6.07) is 3.46. The summed E-state index contributed by atoms with van der Waals surface area (Å²) in [5.41, 5.74) is 0.540. The van der Waals surface area contributed by atoms with E-state index >= 15 is 0 Å². The largest absolute Gasteiger partial charge is 0.300 e. The monoisotopic (exact) mass is 291 g/mol. The van der Waals surface area contributed by atoms with Crippen LogP contribution in [0.1, 0.15) is 21.7 Å². The van der Waals surface area contributed by atoms with Crippen LogP contribution in [-0.2, 0) is 18.4 Å². The molecule has 21 heavy (non-hydrogen) atoms. The lowest BCUT2D eigenvalue weighted by Crippen LogP contribution is -2.30. The summed E-state index contributed by atoms with van der Waals surface area (Å²) in [5, 5.41) is 4.12. The summed E-state index contributed by atoms with van der Waals surface area (Å²) in [5.74, 6) is -3.66. The summed E-state index contributed by atoms with van der Waals surface area (Å²) in [6.45, 7) is 1.73. The van der Waals surface area contributed by atoms with Gasteiger partial charge in [-0.1, -0.05) is 0 Å². The molecular weight excluding hydrogens is 280 g/mol. The van der Waals surface area contributed by atoms with E-state index in [-0.39, 0.29) is 12.2 Å². The fraction of sp³-hybridized carbons (Fsp3) is 0.214. The number of carbonyl (C=O) groups excluding carboxylic acids is 2. The van der Waals surface area contributed by atoms with E-state index in [4.69, 9.17) is 0 Å². The molecular formula is C14H11F2N3O2. The highest BCUT2D eigenvalue weighted by molar-refractivity contribution is 6.52. The minimum absolute atomic E-state index is 0.0463. The van der Waals surface area contributed by atoms with Crippen LogP contribution in [-0.4, -0.2) is 21.5 Å². The third kappa shape index (κ3) is 1.93. The Morgan fingerprint density at radius 3 is 2.48 bits per heavy atom. The van der Waals surface area contributed by atoms with Gasteiger partial charge in [-0.3, -0.25) is 19.2 Å². The molecule has 1 aromatic carbocycles. The molecule has 0 N–H and O–H groups in total. The van der Waals surface area contributed by atoms with Crippen molar-refractivity contribution < 1.29 is 18.4 Å². The van der Waals surface area contributed by atoms with Crippen molar-refractivity contribution in [1.29, 1.82) is 0 Å². The van der Waals surface area contributed by atoms with E-state index in [0.29, 0.717) is 5.69 Å². The number of amides is 1. The Hall–Kier alpha value is -2.57. The molecule has 1 amide bonds. The molecule has 0 bridgehead atoms. The van der Waals surface area contributed by atoms with E-state index < -0.39 is 28.9 Å². The second-order valence-electron chi connectivity index (χ2n) is 4.87. The van der Waals surface area contributed by atoms with Gasteiger partial charge < -0.3 is 0 Å². The molecule has 0 radical (unpaired) electrons. The second kappa shape index (κ2) is 4.47. The van der Waals surface area contributed by atoms with Gasteiger partial charge >= 0.3 is 0 Å². The lowest BCUT2D eigenvalue weighted by atomic mass is 10.1. The SMILES string of the molecule is Cc1cc(CN2C(=O)C(=O)c3c(F)ccc(F)c32)n(C)n1. The van der Waals surface area contributed by atoms with Gasteiger partial charge in [0.1, 0.15) is 11.6 Å². The van der Waals surface area contributed by atoms with Crippen LogP contribution in [0.15, 0.2) is 18.2 Å². The molecule has 2 heterocycles. The molecule has 7 heteroatoms. The van der Waals surface area contributed by atoms with Crippen LogP contribution in [0, 0.1) is 18.6 Å². The number of anilines is 1. The van der Waals surface area contributed by atoms with Crippen LogP contribution in [0.5, 0.6) is 0 Å². The Labute approximate surface area is 118 Å². The molecule has 108 valence electrons. The maximum Gasteiger partial charge on any atom is 0.300 e. The Morgan fingerprint density at radius 1 is 1.19 bits per heavy atom. The first-order valence-electron chi connectivity index (χ1n) is 6.24. The molecule has 1 aromatic heterocycles. The van der Waals surface area contributed by atoms with Crippen LogP contribution < -0.4 is 4.90 Å². The zero-order valence-corrected chi connectivity index (χ0v) is 11.4. The van der Waals surface area contributed by atoms with E-state index in [2.05, 4.69) is 5.10 Å². The zero-order chi connectivity index (χ0) is 15.3. The number of aromatic nitrogens is 2. The first-order chi connectivity index (χ1) is 9.90. The number of benzene rings is 1. The van der Waals surface area contributed by atoms with Crippen LogP contribution in [0.4, 0.5) is 14.5 Å². The van der Waals surface area contributed by atoms with E-state index in [0.717, 1.165) is 22.7 Å². The van der Waals surface area contributed by atoms with Crippen molar-refractivity contribution in [3.63, 3.8) is 0 Å². The highest BCUT2D eigenvalue weighted by Gasteiger charge is 2.40. The van der Waals surface area contributed by atoms with Gasteiger partial charge in [-0.2, -0.15) is 5.10 Å². The van der Waals surface area contributed by atoms with Gasteiger partial charge in [0.15, 0.2) is 0 Å². The fourth-order valence-electron chi connectivity index (χ4n) is 2.48. The minimum atomic E-state index is -1.03.